The molecule has 0 aliphatic carbocycles. The van der Waals surface area contributed by atoms with Crippen molar-refractivity contribution in [3.63, 3.8) is 0 Å². The topological polar surface area (TPSA) is 0 Å². The molecule has 0 aromatic heterocycles. The second-order valence-corrected chi connectivity index (χ2v) is 5.16. The Bertz CT molecular complexity index is 336. The molecule has 2 unspecified atom stereocenters. The molecule has 2 atom stereocenters. The molecule has 1 aromatic rings. The number of alkyl halides is 1. The summed E-state index contributed by atoms with van der Waals surface area (Å²) >= 11 is 3.52. The molecular weight excluding hydrogens is 262 g/mol. The second-order valence-electron chi connectivity index (χ2n) is 4.18. The van der Waals surface area contributed by atoms with Gasteiger partial charge in [-0.3, -0.25) is 0 Å². The Morgan fingerprint density at radius 1 is 1.07 bits per heavy atom. The molecule has 0 bridgehead atoms. The fourth-order valence-corrected chi connectivity index (χ4v) is 2.22. The molecule has 0 fully saturated rings. The summed E-state index contributed by atoms with van der Waals surface area (Å²) in [5, 5.41) is 0. The van der Waals surface area contributed by atoms with Gasteiger partial charge in [-0.25, -0.2) is 8.78 Å². The van der Waals surface area contributed by atoms with E-state index in [0.717, 1.165) is 5.56 Å². The highest BCUT2D eigenvalue weighted by molar-refractivity contribution is 9.09. The summed E-state index contributed by atoms with van der Waals surface area (Å²) in [6.45, 7) is 6.31. The molecule has 0 aliphatic rings. The smallest absolute Gasteiger partial charge is 0.159 e. The van der Waals surface area contributed by atoms with Gasteiger partial charge in [-0.1, -0.05) is 42.8 Å². The first kappa shape index (κ1) is 12.6. The van der Waals surface area contributed by atoms with Gasteiger partial charge in [0.15, 0.2) is 11.6 Å². The van der Waals surface area contributed by atoms with Crippen LogP contribution in [0.3, 0.4) is 0 Å². The van der Waals surface area contributed by atoms with E-state index in [4.69, 9.17) is 0 Å². The average Bonchev–Trinajstić information content (AvgIpc) is 2.19. The van der Waals surface area contributed by atoms with Gasteiger partial charge in [0.05, 0.1) is 0 Å². The zero-order valence-corrected chi connectivity index (χ0v) is 10.7. The van der Waals surface area contributed by atoms with Crippen LogP contribution in [0.1, 0.15) is 31.2 Å². The fraction of sp³-hybridized carbons (Fsp3) is 0.500. The van der Waals surface area contributed by atoms with Crippen molar-refractivity contribution in [2.45, 2.75) is 25.6 Å². The summed E-state index contributed by atoms with van der Waals surface area (Å²) in [4.78, 5) is 0.0626. The van der Waals surface area contributed by atoms with Crippen LogP contribution in [0.4, 0.5) is 8.78 Å². The minimum atomic E-state index is -0.796. The van der Waals surface area contributed by atoms with Crippen molar-refractivity contribution in [1.82, 2.24) is 0 Å². The van der Waals surface area contributed by atoms with Crippen LogP contribution in [0.5, 0.6) is 0 Å². The zero-order chi connectivity index (χ0) is 11.6. The first-order valence-corrected chi connectivity index (χ1v) is 5.94. The summed E-state index contributed by atoms with van der Waals surface area (Å²) in [6.07, 6.45) is 0. The molecule has 1 rings (SSSR count). The maximum atomic E-state index is 13.0. The molecular formula is C12H15BrF2. The van der Waals surface area contributed by atoms with Gasteiger partial charge in [-0.05, 0) is 29.5 Å². The highest BCUT2D eigenvalue weighted by Gasteiger charge is 2.20. The fourth-order valence-electron chi connectivity index (χ4n) is 1.33. The second kappa shape index (κ2) is 5.06. The van der Waals surface area contributed by atoms with Crippen molar-refractivity contribution in [3.05, 3.63) is 35.4 Å². The molecule has 0 radical (unpaired) electrons. The predicted octanol–water partition coefficient (Wildman–Crippen LogP) is 4.69. The van der Waals surface area contributed by atoms with Crippen molar-refractivity contribution >= 4 is 15.9 Å². The van der Waals surface area contributed by atoms with Crippen molar-refractivity contribution in [2.75, 3.05) is 0 Å². The number of halogens is 3. The first-order valence-electron chi connectivity index (χ1n) is 5.02. The van der Waals surface area contributed by atoms with Crippen LogP contribution in [0, 0.1) is 23.5 Å². The van der Waals surface area contributed by atoms with E-state index >= 15 is 0 Å². The monoisotopic (exact) mass is 276 g/mol. The van der Waals surface area contributed by atoms with Gasteiger partial charge >= 0.3 is 0 Å². The Kier molecular flexibility index (Phi) is 4.26. The molecule has 0 saturated heterocycles. The van der Waals surface area contributed by atoms with Crippen molar-refractivity contribution < 1.29 is 8.78 Å². The Balaban J connectivity index is 2.91. The molecule has 0 nitrogen and oxygen atoms in total. The van der Waals surface area contributed by atoms with E-state index in [0.29, 0.717) is 11.8 Å². The standard InChI is InChI=1S/C12H15BrF2/c1-7(2)8(3)12(13)9-4-5-10(14)11(15)6-9/h4-8,12H,1-3H3. The maximum Gasteiger partial charge on any atom is 0.159 e. The summed E-state index contributed by atoms with van der Waals surface area (Å²) in [6, 6.07) is 4.05. The molecule has 84 valence electrons. The lowest BCUT2D eigenvalue weighted by Gasteiger charge is -2.22. The number of hydrogen-bond acceptors (Lipinski definition) is 0. The van der Waals surface area contributed by atoms with Gasteiger partial charge in [0.2, 0.25) is 0 Å². The molecule has 0 heterocycles. The van der Waals surface area contributed by atoms with E-state index < -0.39 is 11.6 Å². The summed E-state index contributed by atoms with van der Waals surface area (Å²) in [7, 11) is 0. The number of hydrogen-bond donors (Lipinski definition) is 0. The van der Waals surface area contributed by atoms with Crippen LogP contribution < -0.4 is 0 Å². The highest BCUT2D eigenvalue weighted by Crippen LogP contribution is 2.35. The Hall–Kier alpha value is -0.440. The zero-order valence-electron chi connectivity index (χ0n) is 9.10. The van der Waals surface area contributed by atoms with Gasteiger partial charge in [0.25, 0.3) is 0 Å². The van der Waals surface area contributed by atoms with E-state index in [1.165, 1.54) is 12.1 Å². The van der Waals surface area contributed by atoms with E-state index in [1.807, 2.05) is 0 Å². The summed E-state index contributed by atoms with van der Waals surface area (Å²) < 4.78 is 25.7. The highest BCUT2D eigenvalue weighted by atomic mass is 79.9. The molecule has 15 heavy (non-hydrogen) atoms. The normalized spacial score (nSPS) is 15.4. The Labute approximate surface area is 97.8 Å². The Morgan fingerprint density at radius 2 is 1.67 bits per heavy atom. The first-order chi connectivity index (χ1) is 6.93. The van der Waals surface area contributed by atoms with Gasteiger partial charge in [-0.2, -0.15) is 0 Å². The predicted molar refractivity (Wildman–Crippen MR) is 62.0 cm³/mol. The molecule has 3 heteroatoms. The summed E-state index contributed by atoms with van der Waals surface area (Å²) in [5.74, 6) is -0.721. The van der Waals surface area contributed by atoms with Crippen LogP contribution in [0.15, 0.2) is 18.2 Å². The lowest BCUT2D eigenvalue weighted by molar-refractivity contribution is 0.412. The van der Waals surface area contributed by atoms with Gasteiger partial charge in [0, 0.05) is 4.83 Å². The van der Waals surface area contributed by atoms with Crippen LogP contribution in [0.2, 0.25) is 0 Å². The minimum Gasteiger partial charge on any atom is -0.204 e. The molecule has 0 spiro atoms. The third kappa shape index (κ3) is 3.00. The third-order valence-electron chi connectivity index (χ3n) is 2.78. The molecule has 1 aromatic carbocycles. The Morgan fingerprint density at radius 3 is 2.13 bits per heavy atom. The van der Waals surface area contributed by atoms with E-state index in [1.54, 1.807) is 6.07 Å². The molecule has 0 N–H and O–H groups in total. The molecule has 0 amide bonds. The van der Waals surface area contributed by atoms with E-state index in [-0.39, 0.29) is 4.83 Å². The number of benzene rings is 1. The van der Waals surface area contributed by atoms with Crippen LogP contribution in [-0.2, 0) is 0 Å². The van der Waals surface area contributed by atoms with Gasteiger partial charge in [-0.15, -0.1) is 0 Å². The largest absolute Gasteiger partial charge is 0.204 e. The van der Waals surface area contributed by atoms with Crippen molar-refractivity contribution in [3.8, 4) is 0 Å². The SMILES string of the molecule is CC(C)C(C)C(Br)c1ccc(F)c(F)c1. The van der Waals surface area contributed by atoms with Gasteiger partial charge < -0.3 is 0 Å². The maximum absolute atomic E-state index is 13.0. The van der Waals surface area contributed by atoms with Crippen LogP contribution >= 0.6 is 15.9 Å². The van der Waals surface area contributed by atoms with Crippen molar-refractivity contribution in [2.24, 2.45) is 11.8 Å². The number of rotatable bonds is 3. The quantitative estimate of drug-likeness (QED) is 0.703. The average molecular weight is 277 g/mol. The van der Waals surface area contributed by atoms with Crippen LogP contribution in [0.25, 0.3) is 0 Å². The third-order valence-corrected chi connectivity index (χ3v) is 4.14. The molecule has 0 saturated carbocycles. The lowest BCUT2D eigenvalue weighted by atomic mass is 9.91. The van der Waals surface area contributed by atoms with E-state index in [9.17, 15) is 8.78 Å². The minimum absolute atomic E-state index is 0.0626. The summed E-state index contributed by atoms with van der Waals surface area (Å²) in [5.41, 5.74) is 0.787. The molecule has 0 aliphatic heterocycles. The van der Waals surface area contributed by atoms with Crippen molar-refractivity contribution in [1.29, 1.82) is 0 Å². The van der Waals surface area contributed by atoms with E-state index in [2.05, 4.69) is 36.7 Å². The van der Waals surface area contributed by atoms with Crippen LogP contribution in [-0.4, -0.2) is 0 Å². The lowest BCUT2D eigenvalue weighted by Crippen LogP contribution is -2.10. The van der Waals surface area contributed by atoms with Gasteiger partial charge in [0.1, 0.15) is 0 Å².